The third kappa shape index (κ3) is 47.7. The second-order valence-corrected chi connectivity index (χ2v) is 16.8. The van der Waals surface area contributed by atoms with Crippen LogP contribution in [0.1, 0.15) is 239 Å². The van der Waals surface area contributed by atoms with Crippen LogP contribution in [0.5, 0.6) is 0 Å². The Morgan fingerprint density at radius 3 is 0.984 bits per heavy atom. The van der Waals surface area contributed by atoms with Crippen molar-refractivity contribution in [3.05, 3.63) is 72.9 Å². The lowest BCUT2D eigenvalue weighted by Crippen LogP contribution is -2.30. The molecule has 1 atom stereocenters. The van der Waals surface area contributed by atoms with Gasteiger partial charge >= 0.3 is 17.9 Å². The van der Waals surface area contributed by atoms with E-state index in [1.807, 2.05) is 0 Å². The summed E-state index contributed by atoms with van der Waals surface area (Å²) in [6.07, 6.45) is 61.6. The fourth-order valence-electron chi connectivity index (χ4n) is 6.97. The number of hydrogen-bond donors (Lipinski definition) is 0. The molecule has 0 N–H and O–H groups in total. The Kier molecular flexibility index (Phi) is 46.9. The van der Waals surface area contributed by atoms with Crippen LogP contribution in [0.3, 0.4) is 0 Å². The Morgan fingerprint density at radius 1 is 0.344 bits per heavy atom. The first-order chi connectivity index (χ1) is 30.0. The molecule has 6 heteroatoms. The number of unbranched alkanes of at least 4 members (excludes halogenated alkanes) is 26. The van der Waals surface area contributed by atoms with E-state index in [2.05, 4.69) is 93.7 Å². The third-order valence-corrected chi connectivity index (χ3v) is 10.8. The number of carbonyl (C=O) groups is 3. The van der Waals surface area contributed by atoms with Crippen molar-refractivity contribution in [1.29, 1.82) is 0 Å². The monoisotopic (exact) mass is 851 g/mol. The molecule has 350 valence electrons. The van der Waals surface area contributed by atoms with Crippen LogP contribution in [-0.2, 0) is 28.6 Å². The Labute approximate surface area is 376 Å². The molecule has 61 heavy (non-hydrogen) atoms. The molecule has 0 heterocycles. The molecule has 0 aromatic rings. The van der Waals surface area contributed by atoms with Crippen molar-refractivity contribution < 1.29 is 28.6 Å². The van der Waals surface area contributed by atoms with Crippen molar-refractivity contribution in [1.82, 2.24) is 0 Å². The van der Waals surface area contributed by atoms with Crippen molar-refractivity contribution in [2.45, 2.75) is 245 Å². The number of rotatable bonds is 45. The summed E-state index contributed by atoms with van der Waals surface area (Å²) in [5, 5.41) is 0. The number of esters is 3. The number of carbonyl (C=O) groups excluding carboxylic acids is 3. The van der Waals surface area contributed by atoms with Crippen LogP contribution >= 0.6 is 0 Å². The van der Waals surface area contributed by atoms with Crippen molar-refractivity contribution >= 4 is 17.9 Å². The van der Waals surface area contributed by atoms with Crippen LogP contribution in [0.15, 0.2) is 72.9 Å². The van der Waals surface area contributed by atoms with Gasteiger partial charge in [0.2, 0.25) is 0 Å². The topological polar surface area (TPSA) is 78.9 Å². The molecule has 0 rings (SSSR count). The fourth-order valence-corrected chi connectivity index (χ4v) is 6.97. The summed E-state index contributed by atoms with van der Waals surface area (Å²) in [5.41, 5.74) is 0. The number of ether oxygens (including phenoxy) is 3. The summed E-state index contributed by atoms with van der Waals surface area (Å²) in [5.74, 6) is -0.930. The van der Waals surface area contributed by atoms with Gasteiger partial charge in [-0.05, 0) is 64.2 Å². The van der Waals surface area contributed by atoms with Gasteiger partial charge in [0.1, 0.15) is 13.2 Å². The maximum absolute atomic E-state index is 12.8. The van der Waals surface area contributed by atoms with Crippen molar-refractivity contribution in [3.8, 4) is 0 Å². The first-order valence-electron chi connectivity index (χ1n) is 25.5. The van der Waals surface area contributed by atoms with Crippen LogP contribution < -0.4 is 0 Å². The Balaban J connectivity index is 4.43. The zero-order valence-corrected chi connectivity index (χ0v) is 39.9. The quantitative estimate of drug-likeness (QED) is 0.0263. The molecule has 0 spiro atoms. The van der Waals surface area contributed by atoms with Crippen molar-refractivity contribution in [2.75, 3.05) is 13.2 Å². The molecule has 0 aromatic carbocycles. The van der Waals surface area contributed by atoms with E-state index in [1.54, 1.807) is 0 Å². The zero-order chi connectivity index (χ0) is 44.4. The second-order valence-electron chi connectivity index (χ2n) is 16.8. The van der Waals surface area contributed by atoms with E-state index in [9.17, 15) is 14.4 Å². The average Bonchev–Trinajstić information content (AvgIpc) is 3.26. The van der Waals surface area contributed by atoms with Gasteiger partial charge in [0, 0.05) is 19.3 Å². The van der Waals surface area contributed by atoms with Gasteiger partial charge in [-0.3, -0.25) is 14.4 Å². The largest absolute Gasteiger partial charge is 0.462 e. The van der Waals surface area contributed by atoms with Crippen LogP contribution in [0.4, 0.5) is 0 Å². The molecule has 0 aliphatic rings. The summed E-state index contributed by atoms with van der Waals surface area (Å²) in [6.45, 7) is 6.45. The van der Waals surface area contributed by atoms with Gasteiger partial charge in [-0.2, -0.15) is 0 Å². The maximum atomic E-state index is 12.8. The van der Waals surface area contributed by atoms with Crippen molar-refractivity contribution in [3.63, 3.8) is 0 Å². The molecule has 0 radical (unpaired) electrons. The maximum Gasteiger partial charge on any atom is 0.306 e. The van der Waals surface area contributed by atoms with E-state index in [1.165, 1.54) is 96.3 Å². The lowest BCUT2D eigenvalue weighted by molar-refractivity contribution is -0.167. The highest BCUT2D eigenvalue weighted by molar-refractivity contribution is 5.71. The molecule has 0 aliphatic heterocycles. The van der Waals surface area contributed by atoms with E-state index in [-0.39, 0.29) is 31.1 Å². The zero-order valence-electron chi connectivity index (χ0n) is 39.9. The molecular formula is C55H94O6. The summed E-state index contributed by atoms with van der Waals surface area (Å²) in [7, 11) is 0. The van der Waals surface area contributed by atoms with Gasteiger partial charge in [-0.25, -0.2) is 0 Å². The number of hydrogen-bond acceptors (Lipinski definition) is 6. The van der Waals surface area contributed by atoms with E-state index >= 15 is 0 Å². The predicted octanol–water partition coefficient (Wildman–Crippen LogP) is 16.6. The lowest BCUT2D eigenvalue weighted by Gasteiger charge is -2.18. The summed E-state index contributed by atoms with van der Waals surface area (Å²) >= 11 is 0. The molecule has 0 aliphatic carbocycles. The minimum atomic E-state index is -0.792. The predicted molar refractivity (Wildman–Crippen MR) is 261 cm³/mol. The van der Waals surface area contributed by atoms with Gasteiger partial charge < -0.3 is 14.2 Å². The molecule has 0 amide bonds. The van der Waals surface area contributed by atoms with Gasteiger partial charge in [-0.15, -0.1) is 0 Å². The summed E-state index contributed by atoms with van der Waals surface area (Å²) < 4.78 is 16.7. The Morgan fingerprint density at radius 2 is 0.639 bits per heavy atom. The molecule has 0 fully saturated rings. The highest BCUT2D eigenvalue weighted by Crippen LogP contribution is 2.14. The molecule has 0 saturated heterocycles. The second kappa shape index (κ2) is 49.5. The normalized spacial score (nSPS) is 12.6. The molecule has 0 saturated carbocycles. The van der Waals surface area contributed by atoms with Crippen LogP contribution in [0.25, 0.3) is 0 Å². The standard InChI is InChI=1S/C55H94O6/c1-4-7-10-13-16-19-22-25-26-27-28-29-31-33-36-39-42-45-48-54(57)60-51-52(50-59-53(56)47-44-41-38-35-32-24-21-18-15-12-9-6-3)61-55(58)49-46-43-40-37-34-30-23-20-17-14-11-8-5-2/h8,11,14,17,20,22-23,25-29,52H,4-7,9-10,12-13,15-16,18-19,21,24,30-51H2,1-3H3/b11-8-,17-14-,23-20-,25-22-,27-26-,29-28-. The van der Waals surface area contributed by atoms with E-state index in [4.69, 9.17) is 14.2 Å². The smallest absolute Gasteiger partial charge is 0.306 e. The highest BCUT2D eigenvalue weighted by atomic mass is 16.6. The van der Waals surface area contributed by atoms with Gasteiger partial charge in [0.15, 0.2) is 6.10 Å². The molecular weight excluding hydrogens is 757 g/mol. The minimum absolute atomic E-state index is 0.0894. The lowest BCUT2D eigenvalue weighted by atomic mass is 10.0. The first kappa shape index (κ1) is 57.9. The molecule has 0 bridgehead atoms. The highest BCUT2D eigenvalue weighted by Gasteiger charge is 2.19. The molecule has 6 nitrogen and oxygen atoms in total. The van der Waals surface area contributed by atoms with Crippen LogP contribution in [-0.4, -0.2) is 37.2 Å². The SMILES string of the molecule is CC\C=C/C=C\C=C/CCCCCCCC(=O)OC(COC(=O)CCCCCCC\C=C/C=C\C=C/CCCCCCC)COC(=O)CCCCCCCCCCCCCC. The van der Waals surface area contributed by atoms with Crippen LogP contribution in [0, 0.1) is 0 Å². The van der Waals surface area contributed by atoms with Gasteiger partial charge in [-0.1, -0.05) is 229 Å². The Hall–Kier alpha value is -3.15. The van der Waals surface area contributed by atoms with E-state index in [0.29, 0.717) is 19.3 Å². The molecule has 0 aromatic heterocycles. The first-order valence-corrected chi connectivity index (χ1v) is 25.5. The van der Waals surface area contributed by atoms with Gasteiger partial charge in [0.05, 0.1) is 0 Å². The Bertz CT molecular complexity index is 1160. The number of allylic oxidation sites excluding steroid dienone is 12. The van der Waals surface area contributed by atoms with Crippen LogP contribution in [0.2, 0.25) is 0 Å². The van der Waals surface area contributed by atoms with Crippen molar-refractivity contribution in [2.24, 2.45) is 0 Å². The third-order valence-electron chi connectivity index (χ3n) is 10.8. The minimum Gasteiger partial charge on any atom is -0.462 e. The summed E-state index contributed by atoms with van der Waals surface area (Å²) in [4.78, 5) is 37.9. The van der Waals surface area contributed by atoms with E-state index < -0.39 is 6.10 Å². The van der Waals surface area contributed by atoms with E-state index in [0.717, 1.165) is 103 Å². The summed E-state index contributed by atoms with van der Waals surface area (Å²) in [6, 6.07) is 0. The van der Waals surface area contributed by atoms with Gasteiger partial charge in [0.25, 0.3) is 0 Å². The fraction of sp³-hybridized carbons (Fsp3) is 0.727. The average molecular weight is 851 g/mol. The molecule has 1 unspecified atom stereocenters.